The Labute approximate surface area is 162 Å². The van der Waals surface area contributed by atoms with Crippen LogP contribution in [0.15, 0.2) is 55.3 Å². The van der Waals surface area contributed by atoms with Gasteiger partial charge in [-0.25, -0.2) is 14.6 Å². The van der Waals surface area contributed by atoms with Gasteiger partial charge in [0.2, 0.25) is 5.91 Å². The molecule has 0 aliphatic heterocycles. The minimum atomic E-state index is -0.262. The Morgan fingerprint density at radius 1 is 1.14 bits per heavy atom. The lowest BCUT2D eigenvalue weighted by Crippen LogP contribution is -2.08. The van der Waals surface area contributed by atoms with Crippen LogP contribution in [0, 0.1) is 0 Å². The molecule has 0 fully saturated rings. The Kier molecular flexibility index (Phi) is 6.35. The Balaban J connectivity index is 1.64. The lowest BCUT2D eigenvalue weighted by Gasteiger charge is -2.11. The highest BCUT2D eigenvalue weighted by Crippen LogP contribution is 2.29. The molecule has 0 spiro atoms. The lowest BCUT2D eigenvalue weighted by atomic mass is 10.2. The van der Waals surface area contributed by atoms with Crippen LogP contribution in [0.2, 0.25) is 0 Å². The molecule has 2 heterocycles. The SMILES string of the molecule is CCOc1ccc(/C=C/C(=O)Nc2ccc(-n3cncn3)nc2)cc1OCC. The second kappa shape index (κ2) is 9.31. The summed E-state index contributed by atoms with van der Waals surface area (Å²) in [5.74, 6) is 1.69. The van der Waals surface area contributed by atoms with Crippen LogP contribution in [-0.4, -0.2) is 38.9 Å². The molecule has 0 aliphatic carbocycles. The molecule has 1 N–H and O–H groups in total. The summed E-state index contributed by atoms with van der Waals surface area (Å²) in [5, 5.41) is 6.77. The number of carbonyl (C=O) groups excluding carboxylic acids is 1. The number of benzene rings is 1. The van der Waals surface area contributed by atoms with Gasteiger partial charge in [-0.3, -0.25) is 4.79 Å². The highest BCUT2D eigenvalue weighted by molar-refractivity contribution is 6.01. The van der Waals surface area contributed by atoms with Gasteiger partial charge in [0.25, 0.3) is 0 Å². The van der Waals surface area contributed by atoms with Crippen LogP contribution in [0.1, 0.15) is 19.4 Å². The lowest BCUT2D eigenvalue weighted by molar-refractivity contribution is -0.111. The molecular formula is C20H21N5O3. The topological polar surface area (TPSA) is 91.2 Å². The van der Waals surface area contributed by atoms with Crippen molar-refractivity contribution in [1.29, 1.82) is 0 Å². The monoisotopic (exact) mass is 379 g/mol. The molecule has 2 aromatic heterocycles. The van der Waals surface area contributed by atoms with E-state index < -0.39 is 0 Å². The first kappa shape index (κ1) is 19.1. The molecule has 0 atom stereocenters. The molecule has 1 aromatic carbocycles. The van der Waals surface area contributed by atoms with Gasteiger partial charge in [0.05, 0.1) is 25.1 Å². The number of amides is 1. The van der Waals surface area contributed by atoms with Crippen LogP contribution >= 0.6 is 0 Å². The summed E-state index contributed by atoms with van der Waals surface area (Å²) in [6, 6.07) is 9.03. The van der Waals surface area contributed by atoms with Crippen molar-refractivity contribution in [2.24, 2.45) is 0 Å². The van der Waals surface area contributed by atoms with Gasteiger partial charge in [0.15, 0.2) is 17.3 Å². The van der Waals surface area contributed by atoms with E-state index in [4.69, 9.17) is 9.47 Å². The van der Waals surface area contributed by atoms with Gasteiger partial charge in [-0.2, -0.15) is 5.10 Å². The van der Waals surface area contributed by atoms with Crippen LogP contribution in [0.5, 0.6) is 11.5 Å². The summed E-state index contributed by atoms with van der Waals surface area (Å²) in [6.07, 6.45) is 7.71. The fourth-order valence-electron chi connectivity index (χ4n) is 2.45. The highest BCUT2D eigenvalue weighted by atomic mass is 16.5. The average Bonchev–Trinajstić information content (AvgIpc) is 3.24. The molecule has 3 rings (SSSR count). The fourth-order valence-corrected chi connectivity index (χ4v) is 2.45. The zero-order chi connectivity index (χ0) is 19.8. The molecule has 0 saturated carbocycles. The predicted molar refractivity (Wildman–Crippen MR) is 106 cm³/mol. The molecule has 28 heavy (non-hydrogen) atoms. The average molecular weight is 379 g/mol. The second-order valence-electron chi connectivity index (χ2n) is 5.64. The van der Waals surface area contributed by atoms with Gasteiger partial charge in [-0.1, -0.05) is 6.07 Å². The van der Waals surface area contributed by atoms with E-state index in [1.807, 2.05) is 32.0 Å². The van der Waals surface area contributed by atoms with E-state index in [9.17, 15) is 4.79 Å². The van der Waals surface area contributed by atoms with Gasteiger partial charge in [-0.15, -0.1) is 0 Å². The third kappa shape index (κ3) is 4.94. The number of nitrogens with zero attached hydrogens (tertiary/aromatic N) is 4. The molecular weight excluding hydrogens is 358 g/mol. The number of hydrogen-bond donors (Lipinski definition) is 1. The largest absolute Gasteiger partial charge is 0.490 e. The molecule has 0 aliphatic rings. The smallest absolute Gasteiger partial charge is 0.248 e. The van der Waals surface area contributed by atoms with Crippen LogP contribution in [0.4, 0.5) is 5.69 Å². The third-order valence-electron chi connectivity index (χ3n) is 3.66. The van der Waals surface area contributed by atoms with Crippen molar-refractivity contribution >= 4 is 17.7 Å². The summed E-state index contributed by atoms with van der Waals surface area (Å²) < 4.78 is 12.7. The van der Waals surface area contributed by atoms with Crippen molar-refractivity contribution in [2.75, 3.05) is 18.5 Å². The van der Waals surface area contributed by atoms with E-state index in [0.29, 0.717) is 36.2 Å². The zero-order valence-corrected chi connectivity index (χ0v) is 15.7. The first-order chi connectivity index (χ1) is 13.7. The van der Waals surface area contributed by atoms with E-state index in [1.165, 1.54) is 17.1 Å². The first-order valence-corrected chi connectivity index (χ1v) is 8.89. The van der Waals surface area contributed by atoms with E-state index in [-0.39, 0.29) is 5.91 Å². The zero-order valence-electron chi connectivity index (χ0n) is 15.7. The highest BCUT2D eigenvalue weighted by Gasteiger charge is 2.06. The normalized spacial score (nSPS) is 10.8. The molecule has 144 valence electrons. The number of ether oxygens (including phenoxy) is 2. The summed E-state index contributed by atoms with van der Waals surface area (Å²) in [4.78, 5) is 20.3. The van der Waals surface area contributed by atoms with Crippen molar-refractivity contribution in [1.82, 2.24) is 19.7 Å². The van der Waals surface area contributed by atoms with Crippen molar-refractivity contribution in [3.63, 3.8) is 0 Å². The molecule has 8 heteroatoms. The molecule has 0 radical (unpaired) electrons. The Bertz CT molecular complexity index is 937. The number of carbonyl (C=O) groups is 1. The minimum Gasteiger partial charge on any atom is -0.490 e. The molecule has 1 amide bonds. The van der Waals surface area contributed by atoms with Crippen LogP contribution in [0.25, 0.3) is 11.9 Å². The van der Waals surface area contributed by atoms with E-state index in [1.54, 1.807) is 30.7 Å². The number of aromatic nitrogens is 4. The minimum absolute atomic E-state index is 0.262. The van der Waals surface area contributed by atoms with Crippen molar-refractivity contribution < 1.29 is 14.3 Å². The second-order valence-corrected chi connectivity index (χ2v) is 5.64. The number of anilines is 1. The maximum absolute atomic E-state index is 12.2. The molecule has 0 bridgehead atoms. The fraction of sp³-hybridized carbons (Fsp3) is 0.200. The molecule has 8 nitrogen and oxygen atoms in total. The quantitative estimate of drug-likeness (QED) is 0.605. The van der Waals surface area contributed by atoms with E-state index >= 15 is 0 Å². The standard InChI is InChI=1S/C20H21N5O3/c1-3-27-17-8-5-15(11-18(17)28-4-2)6-10-20(26)24-16-7-9-19(22-12-16)25-14-21-13-23-25/h5-14H,3-4H2,1-2H3,(H,24,26)/b10-6+. The predicted octanol–water partition coefficient (Wildman–Crippen LogP) is 3.11. The van der Waals surface area contributed by atoms with Gasteiger partial charge in [0.1, 0.15) is 12.7 Å². The maximum atomic E-state index is 12.2. The Hall–Kier alpha value is -3.68. The number of hydrogen-bond acceptors (Lipinski definition) is 6. The van der Waals surface area contributed by atoms with Crippen molar-refractivity contribution in [2.45, 2.75) is 13.8 Å². The van der Waals surface area contributed by atoms with Gasteiger partial charge in [0, 0.05) is 6.08 Å². The Morgan fingerprint density at radius 2 is 1.96 bits per heavy atom. The number of nitrogens with one attached hydrogen (secondary N) is 1. The Morgan fingerprint density at radius 3 is 2.64 bits per heavy atom. The number of pyridine rings is 1. The summed E-state index contributed by atoms with van der Waals surface area (Å²) in [5.41, 5.74) is 1.42. The van der Waals surface area contributed by atoms with Crippen LogP contribution in [0.3, 0.4) is 0 Å². The van der Waals surface area contributed by atoms with Gasteiger partial charge < -0.3 is 14.8 Å². The number of rotatable bonds is 8. The summed E-state index contributed by atoms with van der Waals surface area (Å²) >= 11 is 0. The summed E-state index contributed by atoms with van der Waals surface area (Å²) in [7, 11) is 0. The van der Waals surface area contributed by atoms with E-state index in [2.05, 4.69) is 20.4 Å². The first-order valence-electron chi connectivity index (χ1n) is 8.89. The molecule has 0 saturated heterocycles. The summed E-state index contributed by atoms with van der Waals surface area (Å²) in [6.45, 7) is 4.92. The van der Waals surface area contributed by atoms with E-state index in [0.717, 1.165) is 5.56 Å². The maximum Gasteiger partial charge on any atom is 0.248 e. The van der Waals surface area contributed by atoms with Gasteiger partial charge in [-0.05, 0) is 49.8 Å². The van der Waals surface area contributed by atoms with Crippen molar-refractivity contribution in [3.05, 3.63) is 60.8 Å². The van der Waals surface area contributed by atoms with Crippen molar-refractivity contribution in [3.8, 4) is 17.3 Å². The molecule has 0 unspecified atom stereocenters. The van der Waals surface area contributed by atoms with Crippen LogP contribution in [-0.2, 0) is 4.79 Å². The third-order valence-corrected chi connectivity index (χ3v) is 3.66. The molecule has 3 aromatic rings. The van der Waals surface area contributed by atoms with Gasteiger partial charge >= 0.3 is 0 Å². The van der Waals surface area contributed by atoms with Crippen LogP contribution < -0.4 is 14.8 Å².